The van der Waals surface area contributed by atoms with Crippen molar-refractivity contribution < 1.29 is 0 Å². The molecule has 1 aromatic carbocycles. The van der Waals surface area contributed by atoms with Crippen molar-refractivity contribution >= 4 is 38.5 Å². The molecule has 0 bridgehead atoms. The number of rotatable bonds is 1. The van der Waals surface area contributed by atoms with Crippen LogP contribution in [0.2, 0.25) is 0 Å². The Morgan fingerprint density at radius 3 is 2.83 bits per heavy atom. The van der Waals surface area contributed by atoms with Crippen molar-refractivity contribution in [1.82, 2.24) is 0 Å². The van der Waals surface area contributed by atoms with Crippen LogP contribution in [0.5, 0.6) is 0 Å². The average Bonchev–Trinajstić information content (AvgIpc) is 2.06. The Kier molecular flexibility index (Phi) is 3.53. The fourth-order valence-electron chi connectivity index (χ4n) is 0.991. The normalized spacial score (nSPS) is 9.50. The Morgan fingerprint density at radius 2 is 2.25 bits per heavy atom. The maximum atomic E-state index is 8.59. The van der Waals surface area contributed by atoms with E-state index in [1.54, 1.807) is 0 Å². The predicted molar refractivity (Wildman–Crippen MR) is 60.9 cm³/mol. The fraction of sp³-hybridized carbons (Fsp3) is 0.222. The third-order valence-electron chi connectivity index (χ3n) is 1.73. The Labute approximate surface area is 94.0 Å². The number of halogens is 2. The highest BCUT2D eigenvalue weighted by atomic mass is 127. The Bertz CT molecular complexity index is 341. The minimum atomic E-state index is 0.475. The van der Waals surface area contributed by atoms with Crippen LogP contribution < -0.4 is 0 Å². The molecule has 0 aliphatic carbocycles. The number of hydrogen-bond donors (Lipinski definition) is 0. The van der Waals surface area contributed by atoms with E-state index < -0.39 is 0 Å². The standard InChI is InChI=1S/C9H7BrIN/c1-6-7(4-5-12)8(10)2-3-9(6)11/h2-3H,4H2,1H3. The first-order valence-electron chi connectivity index (χ1n) is 3.47. The van der Waals surface area contributed by atoms with Gasteiger partial charge < -0.3 is 0 Å². The molecule has 0 N–H and O–H groups in total. The summed E-state index contributed by atoms with van der Waals surface area (Å²) >= 11 is 5.70. The van der Waals surface area contributed by atoms with E-state index in [1.807, 2.05) is 19.1 Å². The summed E-state index contributed by atoms with van der Waals surface area (Å²) in [4.78, 5) is 0. The van der Waals surface area contributed by atoms with Crippen molar-refractivity contribution in [3.8, 4) is 6.07 Å². The van der Waals surface area contributed by atoms with E-state index in [2.05, 4.69) is 44.6 Å². The lowest BCUT2D eigenvalue weighted by Gasteiger charge is -2.05. The van der Waals surface area contributed by atoms with Crippen molar-refractivity contribution in [1.29, 1.82) is 5.26 Å². The lowest BCUT2D eigenvalue weighted by molar-refractivity contribution is 1.18. The van der Waals surface area contributed by atoms with Gasteiger partial charge in [-0.2, -0.15) is 5.26 Å². The topological polar surface area (TPSA) is 23.8 Å². The van der Waals surface area contributed by atoms with Crippen LogP contribution in [0.25, 0.3) is 0 Å². The maximum Gasteiger partial charge on any atom is 0.0670 e. The van der Waals surface area contributed by atoms with Gasteiger partial charge in [0.2, 0.25) is 0 Å². The second kappa shape index (κ2) is 4.24. The molecule has 1 nitrogen and oxygen atoms in total. The zero-order valence-corrected chi connectivity index (χ0v) is 10.3. The van der Waals surface area contributed by atoms with E-state index in [0.29, 0.717) is 6.42 Å². The molecule has 0 saturated heterocycles. The molecule has 0 spiro atoms. The molecule has 1 aromatic rings. The molecule has 0 atom stereocenters. The van der Waals surface area contributed by atoms with Gasteiger partial charge in [-0.3, -0.25) is 0 Å². The second-order valence-corrected chi connectivity index (χ2v) is 4.48. The molecule has 3 heteroatoms. The van der Waals surface area contributed by atoms with Gasteiger partial charge in [-0.05, 0) is 52.8 Å². The van der Waals surface area contributed by atoms with Gasteiger partial charge in [0.25, 0.3) is 0 Å². The molecule has 0 saturated carbocycles. The summed E-state index contributed by atoms with van der Waals surface area (Å²) in [5.74, 6) is 0. The quantitative estimate of drug-likeness (QED) is 0.721. The molecule has 12 heavy (non-hydrogen) atoms. The van der Waals surface area contributed by atoms with Crippen LogP contribution in [0.1, 0.15) is 11.1 Å². The molecule has 0 aliphatic heterocycles. The third-order valence-corrected chi connectivity index (χ3v) is 3.64. The highest BCUT2D eigenvalue weighted by Crippen LogP contribution is 2.24. The summed E-state index contributed by atoms with van der Waals surface area (Å²) in [7, 11) is 0. The predicted octanol–water partition coefficient (Wildman–Crippen LogP) is 3.43. The van der Waals surface area contributed by atoms with E-state index in [9.17, 15) is 0 Å². The highest BCUT2D eigenvalue weighted by Gasteiger charge is 2.05. The van der Waals surface area contributed by atoms with Crippen LogP contribution in [0, 0.1) is 21.8 Å². The van der Waals surface area contributed by atoms with Crippen LogP contribution >= 0.6 is 38.5 Å². The fourth-order valence-corrected chi connectivity index (χ4v) is 2.07. The van der Waals surface area contributed by atoms with Gasteiger partial charge >= 0.3 is 0 Å². The Morgan fingerprint density at radius 1 is 1.58 bits per heavy atom. The van der Waals surface area contributed by atoms with Crippen LogP contribution in [0.4, 0.5) is 0 Å². The van der Waals surface area contributed by atoms with E-state index in [0.717, 1.165) is 10.0 Å². The van der Waals surface area contributed by atoms with Gasteiger partial charge in [-0.25, -0.2) is 0 Å². The molecule has 0 radical (unpaired) electrons. The Balaban J connectivity index is 3.25. The van der Waals surface area contributed by atoms with E-state index in [1.165, 1.54) is 9.13 Å². The monoisotopic (exact) mass is 335 g/mol. The van der Waals surface area contributed by atoms with Gasteiger partial charge in [0.15, 0.2) is 0 Å². The molecular formula is C9H7BrIN. The van der Waals surface area contributed by atoms with E-state index in [-0.39, 0.29) is 0 Å². The summed E-state index contributed by atoms with van der Waals surface area (Å²) in [6.07, 6.45) is 0.475. The number of nitriles is 1. The summed E-state index contributed by atoms with van der Waals surface area (Å²) in [6.45, 7) is 2.04. The summed E-state index contributed by atoms with van der Waals surface area (Å²) < 4.78 is 2.24. The van der Waals surface area contributed by atoms with Crippen molar-refractivity contribution in [3.05, 3.63) is 31.3 Å². The van der Waals surface area contributed by atoms with E-state index in [4.69, 9.17) is 5.26 Å². The molecule has 1 rings (SSSR count). The maximum absolute atomic E-state index is 8.59. The highest BCUT2D eigenvalue weighted by molar-refractivity contribution is 14.1. The first-order chi connectivity index (χ1) is 5.66. The zero-order chi connectivity index (χ0) is 9.14. The molecule has 0 aliphatic rings. The van der Waals surface area contributed by atoms with Gasteiger partial charge in [-0.1, -0.05) is 15.9 Å². The third kappa shape index (κ3) is 1.99. The van der Waals surface area contributed by atoms with E-state index >= 15 is 0 Å². The summed E-state index contributed by atoms with van der Waals surface area (Å²) in [6, 6.07) is 6.19. The van der Waals surface area contributed by atoms with Crippen LogP contribution in [-0.4, -0.2) is 0 Å². The van der Waals surface area contributed by atoms with Gasteiger partial charge in [0, 0.05) is 8.04 Å². The van der Waals surface area contributed by atoms with Crippen molar-refractivity contribution in [2.24, 2.45) is 0 Å². The lowest BCUT2D eigenvalue weighted by Crippen LogP contribution is -1.92. The van der Waals surface area contributed by atoms with Gasteiger partial charge in [0.05, 0.1) is 12.5 Å². The minimum Gasteiger partial charge on any atom is -0.198 e. The summed E-state index contributed by atoms with van der Waals surface area (Å²) in [5.41, 5.74) is 2.30. The molecule has 0 aromatic heterocycles. The van der Waals surface area contributed by atoms with Crippen molar-refractivity contribution in [3.63, 3.8) is 0 Å². The average molecular weight is 336 g/mol. The first-order valence-corrected chi connectivity index (χ1v) is 5.34. The SMILES string of the molecule is Cc1c(I)ccc(Br)c1CC#N. The van der Waals surface area contributed by atoms with Crippen LogP contribution in [0.15, 0.2) is 16.6 Å². The zero-order valence-electron chi connectivity index (χ0n) is 6.56. The molecule has 0 unspecified atom stereocenters. The van der Waals surface area contributed by atoms with Crippen molar-refractivity contribution in [2.75, 3.05) is 0 Å². The molecular weight excluding hydrogens is 329 g/mol. The van der Waals surface area contributed by atoms with Crippen LogP contribution in [-0.2, 0) is 6.42 Å². The minimum absolute atomic E-state index is 0.475. The van der Waals surface area contributed by atoms with Gasteiger partial charge in [-0.15, -0.1) is 0 Å². The first kappa shape index (κ1) is 10.0. The second-order valence-electron chi connectivity index (χ2n) is 2.47. The van der Waals surface area contributed by atoms with Crippen LogP contribution in [0.3, 0.4) is 0 Å². The number of benzene rings is 1. The number of nitrogens with zero attached hydrogens (tertiary/aromatic N) is 1. The Hall–Kier alpha value is -0.0800. The smallest absolute Gasteiger partial charge is 0.0670 e. The lowest BCUT2D eigenvalue weighted by atomic mass is 10.1. The molecule has 62 valence electrons. The van der Waals surface area contributed by atoms with Gasteiger partial charge in [0.1, 0.15) is 0 Å². The molecule has 0 heterocycles. The largest absolute Gasteiger partial charge is 0.198 e. The number of hydrogen-bond acceptors (Lipinski definition) is 1. The molecule has 0 fully saturated rings. The molecule has 0 amide bonds. The van der Waals surface area contributed by atoms with Crippen molar-refractivity contribution in [2.45, 2.75) is 13.3 Å². The summed E-state index contributed by atoms with van der Waals surface area (Å²) in [5, 5.41) is 8.59.